The number of methoxy groups -OCH3 is 1. The molecule has 1 N–H and O–H groups in total. The van der Waals surface area contributed by atoms with Crippen LogP contribution in [-0.2, 0) is 18.0 Å². The highest BCUT2D eigenvalue weighted by Gasteiger charge is 2.15. The Balaban J connectivity index is 1.41. The zero-order chi connectivity index (χ0) is 29.2. The van der Waals surface area contributed by atoms with Crippen molar-refractivity contribution in [3.8, 4) is 23.3 Å². The summed E-state index contributed by atoms with van der Waals surface area (Å²) in [7, 11) is 1.47. The van der Waals surface area contributed by atoms with E-state index in [0.29, 0.717) is 39.6 Å². The third-order valence-corrected chi connectivity index (χ3v) is 6.41. The Morgan fingerprint density at radius 2 is 1.63 bits per heavy atom. The Bertz CT molecular complexity index is 1600. The number of amides is 1. The number of carbonyl (C=O) groups excluding carboxylic acids is 1. The highest BCUT2D eigenvalue weighted by Crippen LogP contribution is 2.38. The summed E-state index contributed by atoms with van der Waals surface area (Å²) in [5.41, 5.74) is 2.70. The molecule has 4 aromatic carbocycles. The predicted octanol–water partition coefficient (Wildman–Crippen LogP) is 7.07. The fraction of sp³-hybridized carbons (Fsp3) is 0.0968. The Kier molecular flexibility index (Phi) is 9.70. The first-order valence-corrected chi connectivity index (χ1v) is 13.1. The number of nitro groups is 1. The third-order valence-electron chi connectivity index (χ3n) is 5.82. The number of nitrogens with zero attached hydrogens (tertiary/aromatic N) is 2. The van der Waals surface area contributed by atoms with E-state index in [2.05, 4.69) is 21.2 Å². The van der Waals surface area contributed by atoms with E-state index in [1.807, 2.05) is 36.4 Å². The zero-order valence-corrected chi connectivity index (χ0v) is 23.5. The number of benzene rings is 4. The number of rotatable bonds is 11. The van der Waals surface area contributed by atoms with Crippen molar-refractivity contribution >= 4 is 39.3 Å². The lowest BCUT2D eigenvalue weighted by molar-refractivity contribution is -0.384. The molecule has 0 spiro atoms. The minimum Gasteiger partial charge on any atom is -0.493 e. The van der Waals surface area contributed by atoms with Crippen molar-refractivity contribution in [1.29, 1.82) is 5.26 Å². The summed E-state index contributed by atoms with van der Waals surface area (Å²) in [5, 5.41) is 23.2. The normalized spacial score (nSPS) is 10.8. The van der Waals surface area contributed by atoms with Crippen molar-refractivity contribution in [1.82, 2.24) is 0 Å². The molecule has 206 valence electrons. The molecule has 0 aliphatic carbocycles. The van der Waals surface area contributed by atoms with E-state index in [9.17, 15) is 20.2 Å². The molecule has 0 radical (unpaired) electrons. The van der Waals surface area contributed by atoms with E-state index in [-0.39, 0.29) is 17.9 Å². The molecule has 0 bridgehead atoms. The number of carbonyl (C=O) groups is 1. The standard InChI is InChI=1S/C31H24BrN3O6/c1-39-29-17-23(16-28(32)30(29)41-20-22-7-11-26(12-8-22)35(37)38)15-24(18-33)31(36)34-25-9-13-27(14-10-25)40-19-21-5-3-2-4-6-21/h2-17H,19-20H2,1H3,(H,34,36)/b24-15+. The Labute approximate surface area is 244 Å². The number of nitriles is 1. The topological polar surface area (TPSA) is 124 Å². The monoisotopic (exact) mass is 613 g/mol. The van der Waals surface area contributed by atoms with Crippen LogP contribution in [0.15, 0.2) is 101 Å². The quantitative estimate of drug-likeness (QED) is 0.0830. The van der Waals surface area contributed by atoms with Gasteiger partial charge in [0.1, 0.15) is 30.6 Å². The van der Waals surface area contributed by atoms with Crippen molar-refractivity contribution in [2.45, 2.75) is 13.2 Å². The maximum Gasteiger partial charge on any atom is 0.269 e. The number of hydrogen-bond donors (Lipinski definition) is 1. The first kappa shape index (κ1) is 28.9. The number of non-ortho nitro benzene ring substituents is 1. The van der Waals surface area contributed by atoms with Gasteiger partial charge in [-0.15, -0.1) is 0 Å². The molecule has 0 heterocycles. The van der Waals surface area contributed by atoms with Gasteiger partial charge in [-0.3, -0.25) is 14.9 Å². The maximum absolute atomic E-state index is 12.8. The molecule has 0 unspecified atom stereocenters. The number of nitrogens with one attached hydrogen (secondary N) is 1. The van der Waals surface area contributed by atoms with Gasteiger partial charge in [0, 0.05) is 17.8 Å². The van der Waals surface area contributed by atoms with Gasteiger partial charge in [-0.25, -0.2) is 0 Å². The molecule has 10 heteroatoms. The van der Waals surface area contributed by atoms with Gasteiger partial charge in [-0.2, -0.15) is 5.26 Å². The third kappa shape index (κ3) is 7.94. The lowest BCUT2D eigenvalue weighted by Gasteiger charge is -2.14. The summed E-state index contributed by atoms with van der Waals surface area (Å²) in [6.07, 6.45) is 1.44. The summed E-state index contributed by atoms with van der Waals surface area (Å²) >= 11 is 3.46. The van der Waals surface area contributed by atoms with Gasteiger partial charge in [0.05, 0.1) is 16.5 Å². The lowest BCUT2D eigenvalue weighted by Crippen LogP contribution is -2.13. The molecule has 1 amide bonds. The summed E-state index contributed by atoms with van der Waals surface area (Å²) in [4.78, 5) is 23.2. The van der Waals surface area contributed by atoms with Gasteiger partial charge in [0.2, 0.25) is 0 Å². The largest absolute Gasteiger partial charge is 0.493 e. The molecule has 0 saturated heterocycles. The molecule has 0 saturated carbocycles. The molecule has 4 aromatic rings. The van der Waals surface area contributed by atoms with E-state index in [4.69, 9.17) is 14.2 Å². The van der Waals surface area contributed by atoms with Crippen molar-refractivity contribution in [3.63, 3.8) is 0 Å². The smallest absolute Gasteiger partial charge is 0.269 e. The van der Waals surface area contributed by atoms with Crippen LogP contribution >= 0.6 is 15.9 Å². The number of hydrogen-bond acceptors (Lipinski definition) is 7. The second-order valence-corrected chi connectivity index (χ2v) is 9.52. The van der Waals surface area contributed by atoms with Gasteiger partial charge >= 0.3 is 0 Å². The number of ether oxygens (including phenoxy) is 3. The fourth-order valence-electron chi connectivity index (χ4n) is 3.72. The highest BCUT2D eigenvalue weighted by atomic mass is 79.9. The van der Waals surface area contributed by atoms with Gasteiger partial charge in [-0.05, 0) is 87.2 Å². The van der Waals surface area contributed by atoms with Gasteiger partial charge in [-0.1, -0.05) is 30.3 Å². The Morgan fingerprint density at radius 3 is 2.27 bits per heavy atom. The van der Waals surface area contributed by atoms with Gasteiger partial charge in [0.15, 0.2) is 11.5 Å². The van der Waals surface area contributed by atoms with Gasteiger partial charge in [0.25, 0.3) is 11.6 Å². The SMILES string of the molecule is COc1cc(/C=C(\C#N)C(=O)Nc2ccc(OCc3ccccc3)cc2)cc(Br)c1OCc1ccc([N+](=O)[O-])cc1. The minimum atomic E-state index is -0.570. The average Bonchev–Trinajstić information content (AvgIpc) is 2.99. The first-order valence-electron chi connectivity index (χ1n) is 12.3. The van der Waals surface area contributed by atoms with Crippen LogP contribution in [0.25, 0.3) is 6.08 Å². The molecule has 0 aromatic heterocycles. The lowest BCUT2D eigenvalue weighted by atomic mass is 10.1. The van der Waals surface area contributed by atoms with Crippen molar-refractivity contribution < 1.29 is 23.9 Å². The first-order chi connectivity index (χ1) is 19.9. The second-order valence-electron chi connectivity index (χ2n) is 8.67. The van der Waals surface area contributed by atoms with E-state index in [1.54, 1.807) is 48.5 Å². The molecule has 9 nitrogen and oxygen atoms in total. The molecular weight excluding hydrogens is 590 g/mol. The highest BCUT2D eigenvalue weighted by molar-refractivity contribution is 9.10. The number of anilines is 1. The minimum absolute atomic E-state index is 0.00847. The fourth-order valence-corrected chi connectivity index (χ4v) is 4.30. The van der Waals surface area contributed by atoms with Crippen LogP contribution in [0.1, 0.15) is 16.7 Å². The summed E-state index contributed by atoms with van der Waals surface area (Å²) in [6.45, 7) is 0.567. The summed E-state index contributed by atoms with van der Waals surface area (Å²) in [5.74, 6) is 0.853. The van der Waals surface area contributed by atoms with Crippen LogP contribution in [0.2, 0.25) is 0 Å². The molecule has 4 rings (SSSR count). The van der Waals surface area contributed by atoms with Crippen molar-refractivity contribution in [2.75, 3.05) is 12.4 Å². The van der Waals surface area contributed by atoms with E-state index in [1.165, 1.54) is 25.3 Å². The van der Waals surface area contributed by atoms with E-state index < -0.39 is 10.8 Å². The molecular formula is C31H24BrN3O6. The van der Waals surface area contributed by atoms with Crippen LogP contribution < -0.4 is 19.5 Å². The predicted molar refractivity (Wildman–Crippen MR) is 158 cm³/mol. The Morgan fingerprint density at radius 1 is 0.976 bits per heavy atom. The molecule has 0 atom stereocenters. The molecule has 0 fully saturated rings. The van der Waals surface area contributed by atoms with Crippen LogP contribution in [0.3, 0.4) is 0 Å². The van der Waals surface area contributed by atoms with Crippen LogP contribution in [-0.4, -0.2) is 17.9 Å². The number of nitro benzene ring substituents is 1. The van der Waals surface area contributed by atoms with Crippen LogP contribution in [0, 0.1) is 21.4 Å². The number of halogens is 1. The van der Waals surface area contributed by atoms with E-state index in [0.717, 1.165) is 11.1 Å². The molecule has 0 aliphatic rings. The van der Waals surface area contributed by atoms with Crippen molar-refractivity contribution in [3.05, 3.63) is 128 Å². The second kappa shape index (κ2) is 13.8. The van der Waals surface area contributed by atoms with E-state index >= 15 is 0 Å². The average molecular weight is 614 g/mol. The summed E-state index contributed by atoms with van der Waals surface area (Å²) < 4.78 is 17.7. The van der Waals surface area contributed by atoms with Crippen LogP contribution in [0.5, 0.6) is 17.2 Å². The maximum atomic E-state index is 12.8. The Hall–Kier alpha value is -5.14. The van der Waals surface area contributed by atoms with Crippen LogP contribution in [0.4, 0.5) is 11.4 Å². The van der Waals surface area contributed by atoms with Gasteiger partial charge < -0.3 is 19.5 Å². The van der Waals surface area contributed by atoms with Crippen molar-refractivity contribution in [2.24, 2.45) is 0 Å². The summed E-state index contributed by atoms with van der Waals surface area (Å²) in [6, 6.07) is 28.0. The zero-order valence-electron chi connectivity index (χ0n) is 21.9. The molecule has 0 aliphatic heterocycles. The molecule has 41 heavy (non-hydrogen) atoms.